The third-order valence-electron chi connectivity index (χ3n) is 4.80. The van der Waals surface area contributed by atoms with Gasteiger partial charge in [-0.1, -0.05) is 20.3 Å². The van der Waals surface area contributed by atoms with E-state index < -0.39 is 0 Å². The van der Waals surface area contributed by atoms with Gasteiger partial charge in [0.2, 0.25) is 0 Å². The highest BCUT2D eigenvalue weighted by Gasteiger charge is 2.35. The van der Waals surface area contributed by atoms with E-state index in [1.165, 1.54) is 19.3 Å². The maximum absolute atomic E-state index is 9.44. The minimum Gasteiger partial charge on any atom is -0.383 e. The van der Waals surface area contributed by atoms with Crippen LogP contribution in [0.3, 0.4) is 0 Å². The van der Waals surface area contributed by atoms with Gasteiger partial charge < -0.3 is 4.74 Å². The number of nitrogens with zero attached hydrogens (tertiary/aromatic N) is 2. The van der Waals surface area contributed by atoms with E-state index in [0.29, 0.717) is 12.1 Å². The highest BCUT2D eigenvalue weighted by atomic mass is 16.5. The minimum atomic E-state index is 0.202. The lowest BCUT2D eigenvalue weighted by molar-refractivity contribution is 0.0411. The van der Waals surface area contributed by atoms with E-state index in [1.54, 1.807) is 7.11 Å². The van der Waals surface area contributed by atoms with Crippen molar-refractivity contribution in [3.63, 3.8) is 0 Å². The SMILES string of the molecule is CCC1CCC(C#N)C(N(CCOC)C(C)CC)C1. The van der Waals surface area contributed by atoms with E-state index in [-0.39, 0.29) is 5.92 Å². The van der Waals surface area contributed by atoms with Gasteiger partial charge in [0.25, 0.3) is 0 Å². The molecule has 1 aliphatic carbocycles. The van der Waals surface area contributed by atoms with Gasteiger partial charge in [0.15, 0.2) is 0 Å². The lowest BCUT2D eigenvalue weighted by Gasteiger charge is -2.43. The van der Waals surface area contributed by atoms with Crippen LogP contribution in [-0.4, -0.2) is 37.2 Å². The summed E-state index contributed by atoms with van der Waals surface area (Å²) in [4.78, 5) is 2.53. The summed E-state index contributed by atoms with van der Waals surface area (Å²) in [5, 5.41) is 9.44. The predicted octanol–water partition coefficient (Wildman–Crippen LogP) is 3.45. The zero-order valence-electron chi connectivity index (χ0n) is 13.1. The van der Waals surface area contributed by atoms with Crippen LogP contribution in [0.5, 0.6) is 0 Å². The zero-order valence-corrected chi connectivity index (χ0v) is 13.1. The van der Waals surface area contributed by atoms with Gasteiger partial charge in [0.05, 0.1) is 18.6 Å². The highest BCUT2D eigenvalue weighted by Crippen LogP contribution is 2.34. The Kier molecular flexibility index (Phi) is 7.41. The Morgan fingerprint density at radius 3 is 2.63 bits per heavy atom. The number of methoxy groups -OCH3 is 1. The van der Waals surface area contributed by atoms with Gasteiger partial charge in [0, 0.05) is 25.7 Å². The molecule has 110 valence electrons. The van der Waals surface area contributed by atoms with Crippen LogP contribution in [0.4, 0.5) is 0 Å². The van der Waals surface area contributed by atoms with Gasteiger partial charge in [-0.2, -0.15) is 5.26 Å². The lowest BCUT2D eigenvalue weighted by atomic mass is 9.76. The first-order chi connectivity index (χ1) is 9.17. The number of nitriles is 1. The van der Waals surface area contributed by atoms with Crippen molar-refractivity contribution in [2.45, 2.75) is 65.0 Å². The molecule has 4 atom stereocenters. The molecule has 0 amide bonds. The molecule has 3 nitrogen and oxygen atoms in total. The first-order valence-electron chi connectivity index (χ1n) is 7.82. The Hall–Kier alpha value is -0.590. The number of rotatable bonds is 7. The second-order valence-electron chi connectivity index (χ2n) is 5.88. The molecular weight excluding hydrogens is 236 g/mol. The Morgan fingerprint density at radius 1 is 1.37 bits per heavy atom. The van der Waals surface area contributed by atoms with Crippen molar-refractivity contribution in [2.75, 3.05) is 20.3 Å². The van der Waals surface area contributed by atoms with Crippen LogP contribution >= 0.6 is 0 Å². The molecular formula is C16H30N2O. The van der Waals surface area contributed by atoms with Crippen LogP contribution in [0.15, 0.2) is 0 Å². The predicted molar refractivity (Wildman–Crippen MR) is 78.9 cm³/mol. The van der Waals surface area contributed by atoms with Crippen LogP contribution in [0.2, 0.25) is 0 Å². The monoisotopic (exact) mass is 266 g/mol. The summed E-state index contributed by atoms with van der Waals surface area (Å²) >= 11 is 0. The molecule has 0 aliphatic heterocycles. The van der Waals surface area contributed by atoms with Crippen LogP contribution in [0.25, 0.3) is 0 Å². The van der Waals surface area contributed by atoms with Crippen LogP contribution in [0.1, 0.15) is 52.9 Å². The molecule has 0 bridgehead atoms. The second-order valence-corrected chi connectivity index (χ2v) is 5.88. The van der Waals surface area contributed by atoms with Crippen molar-refractivity contribution in [3.8, 4) is 6.07 Å². The number of ether oxygens (including phenoxy) is 1. The molecule has 0 N–H and O–H groups in total. The molecule has 3 heteroatoms. The third kappa shape index (κ3) is 4.47. The molecule has 1 fully saturated rings. The molecule has 0 aromatic heterocycles. The van der Waals surface area contributed by atoms with Gasteiger partial charge in [-0.15, -0.1) is 0 Å². The smallest absolute Gasteiger partial charge is 0.0672 e. The molecule has 0 radical (unpaired) electrons. The molecule has 1 rings (SSSR count). The topological polar surface area (TPSA) is 36.3 Å². The van der Waals surface area contributed by atoms with Crippen LogP contribution < -0.4 is 0 Å². The fourth-order valence-electron chi connectivity index (χ4n) is 3.26. The third-order valence-corrected chi connectivity index (χ3v) is 4.80. The number of hydrogen-bond donors (Lipinski definition) is 0. The van der Waals surface area contributed by atoms with E-state index in [4.69, 9.17) is 4.74 Å². The Bertz CT molecular complexity index is 287. The largest absolute Gasteiger partial charge is 0.383 e. The maximum atomic E-state index is 9.44. The van der Waals surface area contributed by atoms with E-state index in [9.17, 15) is 5.26 Å². The molecule has 19 heavy (non-hydrogen) atoms. The molecule has 0 saturated heterocycles. The number of hydrogen-bond acceptors (Lipinski definition) is 3. The first kappa shape index (κ1) is 16.5. The molecule has 0 spiro atoms. The maximum Gasteiger partial charge on any atom is 0.0672 e. The van der Waals surface area contributed by atoms with Gasteiger partial charge in [-0.3, -0.25) is 4.90 Å². The first-order valence-corrected chi connectivity index (χ1v) is 7.82. The summed E-state index contributed by atoms with van der Waals surface area (Å²) in [7, 11) is 1.76. The van der Waals surface area contributed by atoms with E-state index in [2.05, 4.69) is 31.7 Å². The quantitative estimate of drug-likeness (QED) is 0.708. The standard InChI is InChI=1S/C16H30N2O/c1-5-13(3)18(9-10-19-4)16-11-14(6-2)7-8-15(16)12-17/h13-16H,5-11H2,1-4H3. The molecule has 1 saturated carbocycles. The Balaban J connectivity index is 2.79. The summed E-state index contributed by atoms with van der Waals surface area (Å²) in [6.07, 6.45) is 5.86. The molecule has 0 aromatic rings. The summed E-state index contributed by atoms with van der Waals surface area (Å²) < 4.78 is 5.26. The van der Waals surface area contributed by atoms with E-state index >= 15 is 0 Å². The normalized spacial score (nSPS) is 29.2. The molecule has 1 aliphatic rings. The highest BCUT2D eigenvalue weighted by molar-refractivity contribution is 4.98. The van der Waals surface area contributed by atoms with Gasteiger partial charge in [-0.05, 0) is 38.5 Å². The summed E-state index contributed by atoms with van der Waals surface area (Å²) in [5.74, 6) is 0.998. The summed E-state index contributed by atoms with van der Waals surface area (Å²) in [5.41, 5.74) is 0. The van der Waals surface area contributed by atoms with Crippen molar-refractivity contribution < 1.29 is 4.74 Å². The van der Waals surface area contributed by atoms with E-state index in [0.717, 1.165) is 31.9 Å². The summed E-state index contributed by atoms with van der Waals surface area (Å²) in [6.45, 7) is 8.49. The van der Waals surface area contributed by atoms with Crippen molar-refractivity contribution in [1.29, 1.82) is 5.26 Å². The molecule has 0 aromatic carbocycles. The molecule has 4 unspecified atom stereocenters. The lowest BCUT2D eigenvalue weighted by Crippen LogP contribution is -2.49. The van der Waals surface area contributed by atoms with Crippen LogP contribution in [0, 0.1) is 23.2 Å². The minimum absolute atomic E-state index is 0.202. The Morgan fingerprint density at radius 2 is 2.11 bits per heavy atom. The van der Waals surface area contributed by atoms with E-state index in [1.807, 2.05) is 0 Å². The molecule has 0 heterocycles. The van der Waals surface area contributed by atoms with Crippen molar-refractivity contribution in [3.05, 3.63) is 0 Å². The van der Waals surface area contributed by atoms with Crippen molar-refractivity contribution >= 4 is 0 Å². The second kappa shape index (κ2) is 8.55. The van der Waals surface area contributed by atoms with Gasteiger partial charge >= 0.3 is 0 Å². The van der Waals surface area contributed by atoms with Gasteiger partial charge in [-0.25, -0.2) is 0 Å². The van der Waals surface area contributed by atoms with Crippen molar-refractivity contribution in [1.82, 2.24) is 4.90 Å². The van der Waals surface area contributed by atoms with Crippen LogP contribution in [-0.2, 0) is 4.74 Å². The average molecular weight is 266 g/mol. The van der Waals surface area contributed by atoms with Crippen molar-refractivity contribution in [2.24, 2.45) is 11.8 Å². The fraction of sp³-hybridized carbons (Fsp3) is 0.938. The summed E-state index contributed by atoms with van der Waals surface area (Å²) in [6, 6.07) is 3.51. The average Bonchev–Trinajstić information content (AvgIpc) is 2.46. The fourth-order valence-corrected chi connectivity index (χ4v) is 3.26. The Labute approximate surface area is 118 Å². The zero-order chi connectivity index (χ0) is 14.3. The van der Waals surface area contributed by atoms with Gasteiger partial charge in [0.1, 0.15) is 0 Å².